The lowest BCUT2D eigenvalue weighted by molar-refractivity contribution is -0.129. The number of ether oxygens (including phenoxy) is 1. The van der Waals surface area contributed by atoms with Crippen molar-refractivity contribution in [1.29, 1.82) is 0 Å². The number of aromatic nitrogens is 1. The van der Waals surface area contributed by atoms with E-state index in [4.69, 9.17) is 4.74 Å². The first-order chi connectivity index (χ1) is 14.0. The van der Waals surface area contributed by atoms with Crippen molar-refractivity contribution in [3.8, 4) is 0 Å². The fourth-order valence-electron chi connectivity index (χ4n) is 4.24. The van der Waals surface area contributed by atoms with E-state index >= 15 is 0 Å². The maximum absolute atomic E-state index is 12.7. The minimum Gasteiger partial charge on any atom is -0.367 e. The largest absolute Gasteiger partial charge is 0.367 e. The topological polar surface area (TPSA) is 74.8 Å². The monoisotopic (exact) mass is 394 g/mol. The highest BCUT2D eigenvalue weighted by atomic mass is 16.5. The molecule has 2 aliphatic heterocycles. The number of amides is 3. The van der Waals surface area contributed by atoms with Gasteiger partial charge >= 0.3 is 6.03 Å². The van der Waals surface area contributed by atoms with Gasteiger partial charge in [0.05, 0.1) is 6.61 Å². The number of hydrogen-bond donors (Lipinski definition) is 1. The summed E-state index contributed by atoms with van der Waals surface area (Å²) in [4.78, 5) is 32.7. The van der Waals surface area contributed by atoms with Crippen molar-refractivity contribution in [3.63, 3.8) is 0 Å². The predicted molar refractivity (Wildman–Crippen MR) is 110 cm³/mol. The number of nitrogens with zero attached hydrogens (tertiary/aromatic N) is 3. The number of urea groups is 1. The van der Waals surface area contributed by atoms with Crippen molar-refractivity contribution in [3.05, 3.63) is 59.9 Å². The van der Waals surface area contributed by atoms with Crippen LogP contribution >= 0.6 is 0 Å². The molecule has 1 spiro atoms. The molecule has 0 saturated carbocycles. The lowest BCUT2D eigenvalue weighted by Crippen LogP contribution is -2.43. The molecule has 1 N–H and O–H groups in total. The summed E-state index contributed by atoms with van der Waals surface area (Å²) < 4.78 is 5.93. The Bertz CT molecular complexity index is 902. The molecule has 1 aromatic heterocycles. The summed E-state index contributed by atoms with van der Waals surface area (Å²) >= 11 is 0. The summed E-state index contributed by atoms with van der Waals surface area (Å²) in [6.07, 6.45) is 4.32. The Morgan fingerprint density at radius 3 is 2.76 bits per heavy atom. The number of pyridine rings is 1. The van der Waals surface area contributed by atoms with Crippen LogP contribution < -0.4 is 10.2 Å². The van der Waals surface area contributed by atoms with Crippen molar-refractivity contribution in [1.82, 2.24) is 15.2 Å². The molecule has 7 heteroatoms. The van der Waals surface area contributed by atoms with Crippen LogP contribution in [0.3, 0.4) is 0 Å². The number of rotatable bonds is 4. The quantitative estimate of drug-likeness (QED) is 0.860. The van der Waals surface area contributed by atoms with Gasteiger partial charge < -0.3 is 15.0 Å². The van der Waals surface area contributed by atoms with Crippen LogP contribution in [0.1, 0.15) is 17.5 Å². The smallest absolute Gasteiger partial charge is 0.323 e. The Labute approximate surface area is 170 Å². The Hall–Kier alpha value is -2.93. The minimum absolute atomic E-state index is 0.0559. The fraction of sp³-hybridized carbons (Fsp3) is 0.409. The van der Waals surface area contributed by atoms with Gasteiger partial charge in [-0.3, -0.25) is 14.7 Å². The van der Waals surface area contributed by atoms with Crippen LogP contribution in [0.2, 0.25) is 0 Å². The molecule has 0 bridgehead atoms. The predicted octanol–water partition coefficient (Wildman–Crippen LogP) is 1.97. The van der Waals surface area contributed by atoms with Crippen LogP contribution in [0.25, 0.3) is 0 Å². The highest BCUT2D eigenvalue weighted by Crippen LogP contribution is 2.47. The summed E-state index contributed by atoms with van der Waals surface area (Å²) in [5.74, 6) is -0.0919. The van der Waals surface area contributed by atoms with Gasteiger partial charge in [-0.25, -0.2) is 4.79 Å². The summed E-state index contributed by atoms with van der Waals surface area (Å²) in [6, 6.07) is 11.8. The molecule has 1 fully saturated rings. The second kappa shape index (κ2) is 7.83. The molecule has 3 heterocycles. The van der Waals surface area contributed by atoms with E-state index in [1.54, 1.807) is 36.3 Å². The average molecular weight is 394 g/mol. The van der Waals surface area contributed by atoms with E-state index < -0.39 is 6.10 Å². The van der Waals surface area contributed by atoms with Crippen molar-refractivity contribution < 1.29 is 14.3 Å². The van der Waals surface area contributed by atoms with E-state index in [9.17, 15) is 9.59 Å². The minimum atomic E-state index is -0.505. The zero-order valence-corrected chi connectivity index (χ0v) is 16.8. The number of carbonyl (C=O) groups is 2. The number of benzene rings is 1. The number of carbonyl (C=O) groups excluding carboxylic acids is 2. The molecule has 0 unspecified atom stereocenters. The normalized spacial score (nSPS) is 22.6. The van der Waals surface area contributed by atoms with Crippen LogP contribution in [0, 0.1) is 0 Å². The SMILES string of the molecule is CN(C)C(=O)N1C[C@]2(CO[C@@H](C(=O)NCCc3ccncc3)C2)c2ccccc21. The third-order valence-electron chi connectivity index (χ3n) is 5.73. The van der Waals surface area contributed by atoms with Gasteiger partial charge in [-0.05, 0) is 42.2 Å². The summed E-state index contributed by atoms with van der Waals surface area (Å²) in [5, 5.41) is 2.98. The highest BCUT2D eigenvalue weighted by molar-refractivity contribution is 5.95. The molecular formula is C22H26N4O3. The van der Waals surface area contributed by atoms with Crippen molar-refractivity contribution in [2.45, 2.75) is 24.4 Å². The molecule has 29 heavy (non-hydrogen) atoms. The second-order valence-electron chi connectivity index (χ2n) is 7.96. The molecule has 152 valence electrons. The molecule has 1 aromatic carbocycles. The lowest BCUT2D eigenvalue weighted by Gasteiger charge is -2.25. The van der Waals surface area contributed by atoms with E-state index in [-0.39, 0.29) is 17.4 Å². The Kier molecular flexibility index (Phi) is 5.24. The van der Waals surface area contributed by atoms with E-state index in [0.717, 1.165) is 23.2 Å². The number of nitrogens with one attached hydrogen (secondary N) is 1. The van der Waals surface area contributed by atoms with Crippen LogP contribution in [0.15, 0.2) is 48.8 Å². The zero-order chi connectivity index (χ0) is 20.4. The van der Waals surface area contributed by atoms with Gasteiger partial charge in [0.2, 0.25) is 5.91 Å². The van der Waals surface area contributed by atoms with Crippen LogP contribution in [0.5, 0.6) is 0 Å². The Morgan fingerprint density at radius 2 is 2.00 bits per heavy atom. The third kappa shape index (κ3) is 3.70. The van der Waals surface area contributed by atoms with Gasteiger partial charge in [0.15, 0.2) is 0 Å². The molecule has 2 aliphatic rings. The van der Waals surface area contributed by atoms with E-state index in [0.29, 0.717) is 26.1 Å². The molecule has 3 amide bonds. The summed E-state index contributed by atoms with van der Waals surface area (Å²) in [7, 11) is 3.50. The fourth-order valence-corrected chi connectivity index (χ4v) is 4.24. The first kappa shape index (κ1) is 19.4. The van der Waals surface area contributed by atoms with E-state index in [2.05, 4.69) is 10.3 Å². The molecular weight excluding hydrogens is 368 g/mol. The van der Waals surface area contributed by atoms with Crippen molar-refractivity contribution in [2.24, 2.45) is 0 Å². The zero-order valence-electron chi connectivity index (χ0n) is 16.8. The molecule has 1 saturated heterocycles. The first-order valence-electron chi connectivity index (χ1n) is 9.87. The maximum atomic E-state index is 12.7. The maximum Gasteiger partial charge on any atom is 0.323 e. The van der Waals surface area contributed by atoms with Crippen LogP contribution in [0.4, 0.5) is 10.5 Å². The third-order valence-corrected chi connectivity index (χ3v) is 5.73. The second-order valence-corrected chi connectivity index (χ2v) is 7.96. The van der Waals surface area contributed by atoms with Gasteiger partial charge in [0, 0.05) is 50.7 Å². The molecule has 2 atom stereocenters. The molecule has 7 nitrogen and oxygen atoms in total. The summed E-state index contributed by atoms with van der Waals surface area (Å²) in [6.45, 7) is 1.52. The lowest BCUT2D eigenvalue weighted by atomic mass is 9.80. The summed E-state index contributed by atoms with van der Waals surface area (Å²) in [5.41, 5.74) is 2.79. The van der Waals surface area contributed by atoms with Crippen LogP contribution in [-0.4, -0.2) is 61.7 Å². The van der Waals surface area contributed by atoms with E-state index in [1.165, 1.54) is 0 Å². The molecule has 0 aliphatic carbocycles. The van der Waals surface area contributed by atoms with E-state index in [1.807, 2.05) is 36.4 Å². The van der Waals surface area contributed by atoms with Gasteiger partial charge in [-0.2, -0.15) is 0 Å². The number of para-hydroxylation sites is 1. The van der Waals surface area contributed by atoms with Crippen molar-refractivity contribution >= 4 is 17.6 Å². The standard InChI is InChI=1S/C22H26N4O3/c1-25(2)21(28)26-14-22(17-5-3-4-6-18(17)26)13-19(29-15-22)20(27)24-12-9-16-7-10-23-11-8-16/h3-8,10-11,19H,9,12-15H2,1-2H3,(H,24,27)/t19-,22-/m1/s1. The number of hydrogen-bond acceptors (Lipinski definition) is 4. The first-order valence-corrected chi connectivity index (χ1v) is 9.87. The Balaban J connectivity index is 1.43. The van der Waals surface area contributed by atoms with Gasteiger partial charge in [0.1, 0.15) is 6.10 Å². The Morgan fingerprint density at radius 1 is 1.24 bits per heavy atom. The van der Waals surface area contributed by atoms with Gasteiger partial charge in [-0.1, -0.05) is 18.2 Å². The van der Waals surface area contributed by atoms with Crippen LogP contribution in [-0.2, 0) is 21.4 Å². The van der Waals surface area contributed by atoms with Crippen molar-refractivity contribution in [2.75, 3.05) is 38.7 Å². The highest BCUT2D eigenvalue weighted by Gasteiger charge is 2.51. The van der Waals surface area contributed by atoms with Gasteiger partial charge in [0.25, 0.3) is 0 Å². The molecule has 0 radical (unpaired) electrons. The average Bonchev–Trinajstić information content (AvgIpc) is 3.31. The molecule has 2 aromatic rings. The number of fused-ring (bicyclic) bond motifs is 2. The number of anilines is 1. The molecule has 4 rings (SSSR count). The van der Waals surface area contributed by atoms with Gasteiger partial charge in [-0.15, -0.1) is 0 Å².